The number of sulfonamides is 1. The van der Waals surface area contributed by atoms with Crippen molar-refractivity contribution in [3.05, 3.63) is 41.3 Å². The van der Waals surface area contributed by atoms with Gasteiger partial charge >= 0.3 is 0 Å². The molecule has 0 radical (unpaired) electrons. The molecule has 0 saturated carbocycles. The second kappa shape index (κ2) is 5.13. The highest BCUT2D eigenvalue weighted by Gasteiger charge is 2.18. The number of nitrogens with two attached hydrogens (primary N) is 1. The van der Waals surface area contributed by atoms with Crippen LogP contribution in [0.25, 0.3) is 10.2 Å². The molecule has 0 aliphatic rings. The van der Waals surface area contributed by atoms with Gasteiger partial charge in [-0.1, -0.05) is 23.5 Å². The molecule has 3 rings (SSSR count). The van der Waals surface area contributed by atoms with Crippen molar-refractivity contribution in [2.75, 3.05) is 4.72 Å². The zero-order valence-electron chi connectivity index (χ0n) is 10.2. The molecule has 0 atom stereocenters. The SMILES string of the molecule is NCc1ccc(S(=O)(=O)Nc2nc3ccccc3s2)s1. The molecule has 1 aromatic carbocycles. The Morgan fingerprint density at radius 3 is 2.65 bits per heavy atom. The van der Waals surface area contributed by atoms with E-state index in [4.69, 9.17) is 5.73 Å². The smallest absolute Gasteiger partial charge is 0.273 e. The van der Waals surface area contributed by atoms with Crippen LogP contribution in [0.4, 0.5) is 5.13 Å². The van der Waals surface area contributed by atoms with E-state index in [2.05, 4.69) is 9.71 Å². The van der Waals surface area contributed by atoms with Crippen molar-refractivity contribution in [2.24, 2.45) is 5.73 Å². The number of thiazole rings is 1. The van der Waals surface area contributed by atoms with Gasteiger partial charge in [-0.15, -0.1) is 11.3 Å². The van der Waals surface area contributed by atoms with Gasteiger partial charge in [-0.25, -0.2) is 13.4 Å². The Kier molecular flexibility index (Phi) is 3.47. The summed E-state index contributed by atoms with van der Waals surface area (Å²) in [6.07, 6.45) is 0. The highest BCUT2D eigenvalue weighted by molar-refractivity contribution is 7.94. The first-order valence-electron chi connectivity index (χ1n) is 5.76. The second-order valence-corrected chi connectivity index (χ2v) is 8.13. The molecule has 0 saturated heterocycles. The summed E-state index contributed by atoms with van der Waals surface area (Å²) in [4.78, 5) is 5.09. The Bertz CT molecular complexity index is 819. The number of anilines is 1. The monoisotopic (exact) mass is 325 g/mol. The van der Waals surface area contributed by atoms with Crippen molar-refractivity contribution in [2.45, 2.75) is 10.8 Å². The van der Waals surface area contributed by atoms with Gasteiger partial charge in [0.1, 0.15) is 4.21 Å². The number of aromatic nitrogens is 1. The molecular formula is C12H11N3O2S3. The van der Waals surface area contributed by atoms with E-state index in [0.717, 1.165) is 15.1 Å². The van der Waals surface area contributed by atoms with Crippen molar-refractivity contribution in [3.8, 4) is 0 Å². The number of hydrogen-bond acceptors (Lipinski definition) is 6. The average molecular weight is 325 g/mol. The Labute approximate surface area is 124 Å². The van der Waals surface area contributed by atoms with E-state index >= 15 is 0 Å². The van der Waals surface area contributed by atoms with Gasteiger partial charge in [0.15, 0.2) is 5.13 Å². The van der Waals surface area contributed by atoms with Crippen LogP contribution in [-0.2, 0) is 16.6 Å². The number of fused-ring (bicyclic) bond motifs is 1. The number of rotatable bonds is 4. The quantitative estimate of drug-likeness (QED) is 0.772. The van der Waals surface area contributed by atoms with E-state index in [-0.39, 0.29) is 4.21 Å². The molecule has 0 unspecified atom stereocenters. The first-order valence-corrected chi connectivity index (χ1v) is 8.87. The first-order chi connectivity index (χ1) is 9.58. The lowest BCUT2D eigenvalue weighted by atomic mass is 10.3. The summed E-state index contributed by atoms with van der Waals surface area (Å²) in [7, 11) is -3.59. The predicted octanol–water partition coefficient (Wildman–Crippen LogP) is 2.62. The molecule has 3 aromatic rings. The average Bonchev–Trinajstić information content (AvgIpc) is 3.04. The zero-order valence-corrected chi connectivity index (χ0v) is 12.7. The van der Waals surface area contributed by atoms with Gasteiger partial charge in [-0.3, -0.25) is 4.72 Å². The molecule has 0 aliphatic carbocycles. The zero-order chi connectivity index (χ0) is 14.2. The van der Waals surface area contributed by atoms with Crippen LogP contribution in [0.15, 0.2) is 40.6 Å². The third-order valence-electron chi connectivity index (χ3n) is 2.62. The molecule has 3 N–H and O–H groups in total. The fourth-order valence-electron chi connectivity index (χ4n) is 1.69. The number of nitrogens with zero attached hydrogens (tertiary/aromatic N) is 1. The summed E-state index contributed by atoms with van der Waals surface area (Å²) < 4.78 is 28.2. The lowest BCUT2D eigenvalue weighted by Crippen LogP contribution is -2.11. The maximum absolute atomic E-state index is 12.2. The van der Waals surface area contributed by atoms with Crippen LogP contribution in [0.1, 0.15) is 4.88 Å². The fourth-order valence-corrected chi connectivity index (χ4v) is 5.03. The largest absolute Gasteiger partial charge is 0.326 e. The van der Waals surface area contributed by atoms with E-state index < -0.39 is 10.0 Å². The minimum atomic E-state index is -3.59. The molecule has 0 fully saturated rings. The molecular weight excluding hydrogens is 314 g/mol. The van der Waals surface area contributed by atoms with E-state index in [1.807, 2.05) is 24.3 Å². The molecule has 0 bridgehead atoms. The summed E-state index contributed by atoms with van der Waals surface area (Å²) in [5, 5.41) is 0.369. The van der Waals surface area contributed by atoms with Gasteiger partial charge in [0.2, 0.25) is 0 Å². The number of nitrogens with one attached hydrogen (secondary N) is 1. The predicted molar refractivity (Wildman–Crippen MR) is 82.6 cm³/mol. The standard InChI is InChI=1S/C12H11N3O2S3/c13-7-8-5-6-11(18-8)20(16,17)15-12-14-9-3-1-2-4-10(9)19-12/h1-6H,7,13H2,(H,14,15). The van der Waals surface area contributed by atoms with E-state index in [0.29, 0.717) is 11.7 Å². The van der Waals surface area contributed by atoms with Crippen LogP contribution in [0.3, 0.4) is 0 Å². The Morgan fingerprint density at radius 1 is 1.15 bits per heavy atom. The highest BCUT2D eigenvalue weighted by atomic mass is 32.2. The highest BCUT2D eigenvalue weighted by Crippen LogP contribution is 2.29. The summed E-state index contributed by atoms with van der Waals surface area (Å²) in [6.45, 7) is 0.335. The van der Waals surface area contributed by atoms with E-state index in [9.17, 15) is 8.42 Å². The third kappa shape index (κ3) is 2.55. The second-order valence-electron chi connectivity index (χ2n) is 4.02. The molecule has 5 nitrogen and oxygen atoms in total. The molecule has 0 amide bonds. The topological polar surface area (TPSA) is 85.1 Å². The normalized spacial score (nSPS) is 11.8. The van der Waals surface area contributed by atoms with Gasteiger partial charge in [-0.2, -0.15) is 0 Å². The minimum Gasteiger partial charge on any atom is -0.326 e. The summed E-state index contributed by atoms with van der Waals surface area (Å²) in [5.74, 6) is 0. The van der Waals surface area contributed by atoms with Crippen LogP contribution >= 0.6 is 22.7 Å². The van der Waals surface area contributed by atoms with Gasteiger partial charge in [0, 0.05) is 11.4 Å². The molecule has 8 heteroatoms. The van der Waals surface area contributed by atoms with Crippen LogP contribution in [0.5, 0.6) is 0 Å². The Hall–Kier alpha value is -1.48. The van der Waals surface area contributed by atoms with E-state index in [1.54, 1.807) is 12.1 Å². The number of thiophene rings is 1. The van der Waals surface area contributed by atoms with E-state index in [1.165, 1.54) is 22.7 Å². The van der Waals surface area contributed by atoms with Crippen molar-refractivity contribution in [1.29, 1.82) is 0 Å². The van der Waals surface area contributed by atoms with Crippen molar-refractivity contribution >= 4 is 48.0 Å². The van der Waals surface area contributed by atoms with Gasteiger partial charge in [0.25, 0.3) is 10.0 Å². The molecule has 104 valence electrons. The van der Waals surface area contributed by atoms with Crippen LogP contribution < -0.4 is 10.5 Å². The molecule has 2 heterocycles. The Balaban J connectivity index is 1.92. The summed E-state index contributed by atoms with van der Waals surface area (Å²) in [5.41, 5.74) is 6.28. The van der Waals surface area contributed by atoms with Crippen LogP contribution in [0.2, 0.25) is 0 Å². The maximum atomic E-state index is 12.2. The lowest BCUT2D eigenvalue weighted by molar-refractivity contribution is 0.603. The van der Waals surface area contributed by atoms with Gasteiger partial charge in [-0.05, 0) is 24.3 Å². The lowest BCUT2D eigenvalue weighted by Gasteiger charge is -2.01. The number of para-hydroxylation sites is 1. The molecule has 0 aliphatic heterocycles. The van der Waals surface area contributed by atoms with Gasteiger partial charge in [0.05, 0.1) is 10.2 Å². The van der Waals surface area contributed by atoms with Crippen LogP contribution in [0, 0.1) is 0 Å². The van der Waals surface area contributed by atoms with Crippen molar-refractivity contribution in [3.63, 3.8) is 0 Å². The number of hydrogen-bond donors (Lipinski definition) is 2. The first kappa shape index (κ1) is 13.5. The fraction of sp³-hybridized carbons (Fsp3) is 0.0833. The van der Waals surface area contributed by atoms with Crippen molar-refractivity contribution < 1.29 is 8.42 Å². The van der Waals surface area contributed by atoms with Crippen molar-refractivity contribution in [1.82, 2.24) is 4.98 Å². The summed E-state index contributed by atoms with van der Waals surface area (Å²) in [6, 6.07) is 10.8. The number of benzene rings is 1. The molecule has 2 aromatic heterocycles. The Morgan fingerprint density at radius 2 is 1.95 bits per heavy atom. The molecule has 20 heavy (non-hydrogen) atoms. The molecule has 0 spiro atoms. The van der Waals surface area contributed by atoms with Gasteiger partial charge < -0.3 is 5.73 Å². The summed E-state index contributed by atoms with van der Waals surface area (Å²) >= 11 is 2.48. The maximum Gasteiger partial charge on any atom is 0.273 e. The third-order valence-corrected chi connectivity index (χ3v) is 6.64. The van der Waals surface area contributed by atoms with Crippen LogP contribution in [-0.4, -0.2) is 13.4 Å². The minimum absolute atomic E-state index is 0.247.